The van der Waals surface area contributed by atoms with Crippen molar-refractivity contribution in [3.63, 3.8) is 0 Å². The van der Waals surface area contributed by atoms with Crippen molar-refractivity contribution in [1.29, 1.82) is 0 Å². The SMILES string of the molecule is Cc1ccc(C(C)C)c(OC(C)C(=O)NCCc2ccc(Cl)cc2)c1. The molecule has 25 heavy (non-hydrogen) atoms. The lowest BCUT2D eigenvalue weighted by Gasteiger charge is -2.19. The number of nitrogens with one attached hydrogen (secondary N) is 1. The van der Waals surface area contributed by atoms with Crippen molar-refractivity contribution in [2.45, 2.75) is 46.1 Å². The monoisotopic (exact) mass is 359 g/mol. The molecule has 1 atom stereocenters. The average Bonchev–Trinajstić information content (AvgIpc) is 2.56. The molecule has 0 saturated carbocycles. The molecule has 0 spiro atoms. The van der Waals surface area contributed by atoms with Crippen molar-refractivity contribution in [1.82, 2.24) is 5.32 Å². The predicted octanol–water partition coefficient (Wildman–Crippen LogP) is 4.90. The van der Waals surface area contributed by atoms with Crippen LogP contribution in [0.15, 0.2) is 42.5 Å². The number of benzene rings is 2. The van der Waals surface area contributed by atoms with Crippen molar-refractivity contribution in [2.24, 2.45) is 0 Å². The molecule has 1 unspecified atom stereocenters. The van der Waals surface area contributed by atoms with E-state index in [9.17, 15) is 4.79 Å². The summed E-state index contributed by atoms with van der Waals surface area (Å²) in [5.41, 5.74) is 3.38. The van der Waals surface area contributed by atoms with Gasteiger partial charge in [0.15, 0.2) is 6.10 Å². The maximum Gasteiger partial charge on any atom is 0.260 e. The predicted molar refractivity (Wildman–Crippen MR) is 104 cm³/mol. The molecule has 0 bridgehead atoms. The minimum atomic E-state index is -0.537. The summed E-state index contributed by atoms with van der Waals surface area (Å²) in [6, 6.07) is 13.8. The number of aryl methyl sites for hydroxylation is 1. The van der Waals surface area contributed by atoms with Crippen molar-refractivity contribution in [3.8, 4) is 5.75 Å². The summed E-state index contributed by atoms with van der Waals surface area (Å²) in [4.78, 5) is 12.3. The molecule has 134 valence electrons. The van der Waals surface area contributed by atoms with Gasteiger partial charge in [0.05, 0.1) is 0 Å². The lowest BCUT2D eigenvalue weighted by atomic mass is 10.0. The van der Waals surface area contributed by atoms with Gasteiger partial charge in [0.2, 0.25) is 0 Å². The van der Waals surface area contributed by atoms with E-state index in [1.165, 1.54) is 0 Å². The summed E-state index contributed by atoms with van der Waals surface area (Å²) in [5.74, 6) is 1.02. The molecule has 0 radical (unpaired) electrons. The summed E-state index contributed by atoms with van der Waals surface area (Å²) in [6.45, 7) is 8.61. The summed E-state index contributed by atoms with van der Waals surface area (Å²) in [6.07, 6.45) is 0.224. The van der Waals surface area contributed by atoms with Gasteiger partial charge in [0.25, 0.3) is 5.91 Å². The van der Waals surface area contributed by atoms with Crippen LogP contribution >= 0.6 is 11.6 Å². The van der Waals surface area contributed by atoms with Gasteiger partial charge >= 0.3 is 0 Å². The molecule has 0 heterocycles. The fourth-order valence-electron chi connectivity index (χ4n) is 2.59. The van der Waals surface area contributed by atoms with E-state index in [0.29, 0.717) is 17.5 Å². The highest BCUT2D eigenvalue weighted by atomic mass is 35.5. The third-order valence-electron chi connectivity index (χ3n) is 4.09. The number of rotatable bonds is 7. The number of amides is 1. The van der Waals surface area contributed by atoms with Gasteiger partial charge in [-0.1, -0.05) is 49.7 Å². The van der Waals surface area contributed by atoms with Crippen LogP contribution in [0, 0.1) is 6.92 Å². The van der Waals surface area contributed by atoms with Crippen molar-refractivity contribution >= 4 is 17.5 Å². The molecule has 2 rings (SSSR count). The fraction of sp³-hybridized carbons (Fsp3) is 0.381. The largest absolute Gasteiger partial charge is 0.481 e. The summed E-state index contributed by atoms with van der Waals surface area (Å²) >= 11 is 5.87. The van der Waals surface area contributed by atoms with Crippen LogP contribution in [0.25, 0.3) is 0 Å². The number of carbonyl (C=O) groups excluding carboxylic acids is 1. The highest BCUT2D eigenvalue weighted by Crippen LogP contribution is 2.28. The molecule has 0 fully saturated rings. The Labute approximate surface area is 155 Å². The summed E-state index contributed by atoms with van der Waals surface area (Å²) in [5, 5.41) is 3.65. The zero-order valence-corrected chi connectivity index (χ0v) is 16.1. The average molecular weight is 360 g/mol. The topological polar surface area (TPSA) is 38.3 Å². The van der Waals surface area contributed by atoms with E-state index in [1.807, 2.05) is 37.3 Å². The molecular formula is C21H26ClNO2. The van der Waals surface area contributed by atoms with Crippen LogP contribution in [0.2, 0.25) is 5.02 Å². The summed E-state index contributed by atoms with van der Waals surface area (Å²) < 4.78 is 5.94. The molecule has 0 aromatic heterocycles. The highest BCUT2D eigenvalue weighted by molar-refractivity contribution is 6.30. The van der Waals surface area contributed by atoms with Gasteiger partial charge in [-0.15, -0.1) is 0 Å². The van der Waals surface area contributed by atoms with Crippen LogP contribution in [-0.2, 0) is 11.2 Å². The molecule has 3 nitrogen and oxygen atoms in total. The number of ether oxygens (including phenoxy) is 1. The zero-order chi connectivity index (χ0) is 18.4. The van der Waals surface area contributed by atoms with E-state index in [0.717, 1.165) is 28.9 Å². The molecule has 4 heteroatoms. The van der Waals surface area contributed by atoms with Crippen LogP contribution in [0.3, 0.4) is 0 Å². The van der Waals surface area contributed by atoms with Crippen LogP contribution in [0.4, 0.5) is 0 Å². The minimum Gasteiger partial charge on any atom is -0.481 e. The molecular weight excluding hydrogens is 334 g/mol. The van der Waals surface area contributed by atoms with Gasteiger partial charge < -0.3 is 10.1 Å². The highest BCUT2D eigenvalue weighted by Gasteiger charge is 2.17. The molecule has 1 amide bonds. The van der Waals surface area contributed by atoms with E-state index >= 15 is 0 Å². The third kappa shape index (κ3) is 5.79. The van der Waals surface area contributed by atoms with E-state index in [-0.39, 0.29) is 5.91 Å². The van der Waals surface area contributed by atoms with Crippen LogP contribution < -0.4 is 10.1 Å². The fourth-order valence-corrected chi connectivity index (χ4v) is 2.72. The number of hydrogen-bond acceptors (Lipinski definition) is 2. The summed E-state index contributed by atoms with van der Waals surface area (Å²) in [7, 11) is 0. The van der Waals surface area contributed by atoms with Gasteiger partial charge in [-0.05, 0) is 61.1 Å². The first-order valence-electron chi connectivity index (χ1n) is 8.66. The Morgan fingerprint density at radius 1 is 1.12 bits per heavy atom. The Hall–Kier alpha value is -2.00. The molecule has 0 saturated heterocycles. The molecule has 0 aliphatic heterocycles. The van der Waals surface area contributed by atoms with Crippen molar-refractivity contribution in [2.75, 3.05) is 6.54 Å². The van der Waals surface area contributed by atoms with E-state index < -0.39 is 6.10 Å². The van der Waals surface area contributed by atoms with Gasteiger partial charge in [-0.2, -0.15) is 0 Å². The molecule has 2 aromatic rings. The smallest absolute Gasteiger partial charge is 0.260 e. The first-order valence-corrected chi connectivity index (χ1v) is 9.04. The van der Waals surface area contributed by atoms with E-state index in [4.69, 9.17) is 16.3 Å². The molecule has 1 N–H and O–H groups in total. The molecule has 0 aliphatic rings. The van der Waals surface area contributed by atoms with Crippen LogP contribution in [0.5, 0.6) is 5.75 Å². The Bertz CT molecular complexity index is 710. The van der Waals surface area contributed by atoms with Gasteiger partial charge in [-0.25, -0.2) is 0 Å². The van der Waals surface area contributed by atoms with Crippen LogP contribution in [0.1, 0.15) is 43.4 Å². The Balaban J connectivity index is 1.90. The number of hydrogen-bond donors (Lipinski definition) is 1. The van der Waals surface area contributed by atoms with E-state index in [2.05, 4.69) is 31.3 Å². The lowest BCUT2D eigenvalue weighted by Crippen LogP contribution is -2.37. The van der Waals surface area contributed by atoms with Gasteiger partial charge in [-0.3, -0.25) is 4.79 Å². The normalized spacial score (nSPS) is 12.1. The van der Waals surface area contributed by atoms with Gasteiger partial charge in [0, 0.05) is 11.6 Å². The second-order valence-electron chi connectivity index (χ2n) is 6.62. The van der Waals surface area contributed by atoms with E-state index in [1.54, 1.807) is 6.92 Å². The second-order valence-corrected chi connectivity index (χ2v) is 7.06. The standard InChI is InChI=1S/C21H26ClNO2/c1-14(2)19-10-5-15(3)13-20(19)25-16(4)21(24)23-12-11-17-6-8-18(22)9-7-17/h5-10,13-14,16H,11-12H2,1-4H3,(H,23,24). The Kier molecular flexibility index (Phi) is 6.89. The second kappa shape index (κ2) is 8.91. The van der Waals surface area contributed by atoms with Gasteiger partial charge in [0.1, 0.15) is 5.75 Å². The Morgan fingerprint density at radius 2 is 1.80 bits per heavy atom. The number of halogens is 1. The first-order chi connectivity index (χ1) is 11.9. The first kappa shape index (κ1) is 19.3. The van der Waals surface area contributed by atoms with Crippen molar-refractivity contribution < 1.29 is 9.53 Å². The molecule has 2 aromatic carbocycles. The quantitative estimate of drug-likeness (QED) is 0.763. The van der Waals surface area contributed by atoms with Crippen molar-refractivity contribution in [3.05, 3.63) is 64.2 Å². The zero-order valence-electron chi connectivity index (χ0n) is 15.3. The third-order valence-corrected chi connectivity index (χ3v) is 4.34. The molecule has 0 aliphatic carbocycles. The lowest BCUT2D eigenvalue weighted by molar-refractivity contribution is -0.127. The Morgan fingerprint density at radius 3 is 2.44 bits per heavy atom. The maximum atomic E-state index is 12.3. The number of carbonyl (C=O) groups is 1. The maximum absolute atomic E-state index is 12.3. The minimum absolute atomic E-state index is 0.106. The van der Waals surface area contributed by atoms with Crippen LogP contribution in [-0.4, -0.2) is 18.6 Å².